The summed E-state index contributed by atoms with van der Waals surface area (Å²) in [6, 6.07) is 0. The van der Waals surface area contributed by atoms with Crippen molar-refractivity contribution >= 4 is 12.4 Å². The van der Waals surface area contributed by atoms with Crippen molar-refractivity contribution in [3.8, 4) is 5.75 Å². The highest BCUT2D eigenvalue weighted by atomic mass is 35.5. The summed E-state index contributed by atoms with van der Waals surface area (Å²) < 4.78 is 4.76. The molecule has 1 rings (SSSR count). The van der Waals surface area contributed by atoms with E-state index in [0.717, 1.165) is 5.75 Å². The third kappa shape index (κ3) is 1.42. The highest BCUT2D eigenvalue weighted by molar-refractivity contribution is 5.85. The summed E-state index contributed by atoms with van der Waals surface area (Å²) in [6.45, 7) is 0. The van der Waals surface area contributed by atoms with Gasteiger partial charge in [-0.05, 0) is 0 Å². The number of nitrogens with zero attached hydrogens (tertiary/aromatic N) is 1. The molecule has 8 heavy (non-hydrogen) atoms. The summed E-state index contributed by atoms with van der Waals surface area (Å²) in [6.07, 6.45) is 3.29. The van der Waals surface area contributed by atoms with Crippen molar-refractivity contribution in [1.29, 1.82) is 0 Å². The number of hydrogen-bond donors (Lipinski definition) is 1. The first kappa shape index (κ1) is 7.30. The second kappa shape index (κ2) is 3.32. The van der Waals surface area contributed by atoms with Crippen LogP contribution in [0.25, 0.3) is 0 Å². The lowest BCUT2D eigenvalue weighted by Crippen LogP contribution is -1.75. The molecule has 1 aromatic heterocycles. The first-order valence-electron chi connectivity index (χ1n) is 1.96. The number of methoxy groups -OCH3 is 1. The maximum atomic E-state index is 4.76. The van der Waals surface area contributed by atoms with Gasteiger partial charge in [-0.1, -0.05) is 0 Å². The lowest BCUT2D eigenvalue weighted by molar-refractivity contribution is 0.415. The van der Waals surface area contributed by atoms with Gasteiger partial charge in [-0.2, -0.15) is 5.10 Å². The minimum absolute atomic E-state index is 0. The van der Waals surface area contributed by atoms with E-state index in [4.69, 9.17) is 4.74 Å². The van der Waals surface area contributed by atoms with Gasteiger partial charge < -0.3 is 4.74 Å². The Morgan fingerprint density at radius 1 is 1.75 bits per heavy atom. The van der Waals surface area contributed by atoms with Crippen molar-refractivity contribution < 1.29 is 4.74 Å². The quantitative estimate of drug-likeness (QED) is 0.618. The predicted octanol–water partition coefficient (Wildman–Crippen LogP) is 0.840. The van der Waals surface area contributed by atoms with Crippen LogP contribution in [0.5, 0.6) is 5.75 Å². The van der Waals surface area contributed by atoms with E-state index in [0.29, 0.717) is 0 Å². The molecule has 0 aliphatic carbocycles. The molecule has 0 amide bonds. The molecular formula is C4H7ClN2O. The molecule has 0 bridgehead atoms. The minimum Gasteiger partial charge on any atom is -0.493 e. The van der Waals surface area contributed by atoms with Crippen molar-refractivity contribution in [2.24, 2.45) is 0 Å². The summed E-state index contributed by atoms with van der Waals surface area (Å²) in [7, 11) is 1.60. The largest absolute Gasteiger partial charge is 0.493 e. The molecule has 0 fully saturated rings. The topological polar surface area (TPSA) is 37.9 Å². The van der Waals surface area contributed by atoms with Gasteiger partial charge in [0.25, 0.3) is 0 Å². The van der Waals surface area contributed by atoms with Gasteiger partial charge in [0, 0.05) is 0 Å². The fourth-order valence-electron chi connectivity index (χ4n) is 0.351. The highest BCUT2D eigenvalue weighted by Crippen LogP contribution is 2.00. The number of aromatic amines is 1. The number of halogens is 1. The second-order valence-corrected chi connectivity index (χ2v) is 1.14. The Kier molecular flexibility index (Phi) is 3.03. The van der Waals surface area contributed by atoms with Gasteiger partial charge in [0.2, 0.25) is 0 Å². The molecule has 0 unspecified atom stereocenters. The second-order valence-electron chi connectivity index (χ2n) is 1.14. The summed E-state index contributed by atoms with van der Waals surface area (Å²) in [5.74, 6) is 0.764. The summed E-state index contributed by atoms with van der Waals surface area (Å²) >= 11 is 0. The normalized spacial score (nSPS) is 7.62. The third-order valence-electron chi connectivity index (χ3n) is 0.709. The van der Waals surface area contributed by atoms with Gasteiger partial charge in [0.05, 0.1) is 19.5 Å². The van der Waals surface area contributed by atoms with Crippen LogP contribution in [0.15, 0.2) is 12.4 Å². The van der Waals surface area contributed by atoms with Gasteiger partial charge >= 0.3 is 0 Å². The van der Waals surface area contributed by atoms with Gasteiger partial charge in [-0.25, -0.2) is 0 Å². The van der Waals surface area contributed by atoms with Crippen LogP contribution in [0.3, 0.4) is 0 Å². The van der Waals surface area contributed by atoms with E-state index in [-0.39, 0.29) is 12.4 Å². The van der Waals surface area contributed by atoms with E-state index < -0.39 is 0 Å². The van der Waals surface area contributed by atoms with Gasteiger partial charge in [-0.3, -0.25) is 5.10 Å². The predicted molar refractivity (Wildman–Crippen MR) is 32.4 cm³/mol. The van der Waals surface area contributed by atoms with Gasteiger partial charge in [0.15, 0.2) is 5.75 Å². The van der Waals surface area contributed by atoms with Gasteiger partial charge in [0.1, 0.15) is 0 Å². The highest BCUT2D eigenvalue weighted by Gasteiger charge is 1.83. The zero-order valence-corrected chi connectivity index (χ0v) is 5.23. The van der Waals surface area contributed by atoms with Crippen LogP contribution in [-0.4, -0.2) is 17.3 Å². The number of aromatic nitrogens is 2. The monoisotopic (exact) mass is 134 g/mol. The van der Waals surface area contributed by atoms with Crippen LogP contribution in [-0.2, 0) is 0 Å². The molecule has 0 saturated heterocycles. The van der Waals surface area contributed by atoms with Crippen LogP contribution < -0.4 is 4.74 Å². The number of H-pyrrole nitrogens is 1. The van der Waals surface area contributed by atoms with Crippen LogP contribution in [0.2, 0.25) is 0 Å². The van der Waals surface area contributed by atoms with Crippen molar-refractivity contribution in [3.05, 3.63) is 12.4 Å². The average molecular weight is 135 g/mol. The zero-order chi connectivity index (χ0) is 5.11. The fourth-order valence-corrected chi connectivity index (χ4v) is 0.351. The Morgan fingerprint density at radius 3 is 2.75 bits per heavy atom. The van der Waals surface area contributed by atoms with Crippen molar-refractivity contribution in [3.63, 3.8) is 0 Å². The van der Waals surface area contributed by atoms with E-state index in [9.17, 15) is 0 Å². The Hall–Kier alpha value is -0.700. The number of hydrogen-bond acceptors (Lipinski definition) is 2. The molecule has 4 heteroatoms. The number of rotatable bonds is 1. The molecule has 1 heterocycles. The Morgan fingerprint density at radius 2 is 2.50 bits per heavy atom. The van der Waals surface area contributed by atoms with Crippen LogP contribution in [0.1, 0.15) is 0 Å². The van der Waals surface area contributed by atoms with Gasteiger partial charge in [-0.15, -0.1) is 12.4 Å². The minimum atomic E-state index is 0. The lowest BCUT2D eigenvalue weighted by atomic mass is 10.7. The van der Waals surface area contributed by atoms with Crippen LogP contribution in [0, 0.1) is 0 Å². The first-order chi connectivity index (χ1) is 3.43. The molecule has 0 aliphatic heterocycles. The molecule has 1 N–H and O–H groups in total. The lowest BCUT2D eigenvalue weighted by Gasteiger charge is -1.85. The number of ether oxygens (including phenoxy) is 1. The maximum absolute atomic E-state index is 4.76. The molecule has 46 valence electrons. The molecular weight excluding hydrogens is 128 g/mol. The SMILES string of the molecule is COc1cn[nH]c1.Cl. The molecule has 3 nitrogen and oxygen atoms in total. The van der Waals surface area contributed by atoms with Crippen molar-refractivity contribution in [2.45, 2.75) is 0 Å². The maximum Gasteiger partial charge on any atom is 0.156 e. The van der Waals surface area contributed by atoms with E-state index in [1.54, 1.807) is 19.5 Å². The molecule has 0 atom stereocenters. The van der Waals surface area contributed by atoms with E-state index in [1.165, 1.54) is 0 Å². The standard InChI is InChI=1S/C4H6N2O.ClH/c1-7-4-2-5-6-3-4;/h2-3H,1H3,(H,5,6);1H. The third-order valence-corrected chi connectivity index (χ3v) is 0.709. The van der Waals surface area contributed by atoms with Crippen LogP contribution >= 0.6 is 12.4 Å². The molecule has 0 radical (unpaired) electrons. The van der Waals surface area contributed by atoms with E-state index >= 15 is 0 Å². The Labute approximate surface area is 53.5 Å². The fraction of sp³-hybridized carbons (Fsp3) is 0.250. The smallest absolute Gasteiger partial charge is 0.156 e. The molecule has 0 aliphatic rings. The molecule has 1 aromatic rings. The Bertz CT molecular complexity index is 129. The molecule has 0 aromatic carbocycles. The summed E-state index contributed by atoms with van der Waals surface area (Å²) in [4.78, 5) is 0. The van der Waals surface area contributed by atoms with E-state index in [2.05, 4.69) is 10.2 Å². The molecule has 0 spiro atoms. The molecule has 0 saturated carbocycles. The van der Waals surface area contributed by atoms with Crippen molar-refractivity contribution in [1.82, 2.24) is 10.2 Å². The Balaban J connectivity index is 0.000000490. The zero-order valence-electron chi connectivity index (χ0n) is 4.42. The van der Waals surface area contributed by atoms with Crippen molar-refractivity contribution in [2.75, 3.05) is 7.11 Å². The van der Waals surface area contributed by atoms with Crippen LogP contribution in [0.4, 0.5) is 0 Å². The number of nitrogens with one attached hydrogen (secondary N) is 1. The summed E-state index contributed by atoms with van der Waals surface area (Å²) in [5.41, 5.74) is 0. The average Bonchev–Trinajstić information content (AvgIpc) is 2.14. The first-order valence-corrected chi connectivity index (χ1v) is 1.96. The summed E-state index contributed by atoms with van der Waals surface area (Å²) in [5, 5.41) is 6.25. The van der Waals surface area contributed by atoms with E-state index in [1.807, 2.05) is 0 Å².